The van der Waals surface area contributed by atoms with E-state index in [4.69, 9.17) is 5.73 Å². The van der Waals surface area contributed by atoms with Gasteiger partial charge in [-0.3, -0.25) is 9.78 Å². The fourth-order valence-corrected chi connectivity index (χ4v) is 3.18. The molecule has 2 atom stereocenters. The number of fused-ring (bicyclic) bond motifs is 1. The van der Waals surface area contributed by atoms with Crippen LogP contribution in [-0.2, 0) is 4.79 Å². The van der Waals surface area contributed by atoms with Gasteiger partial charge in [0, 0.05) is 17.6 Å². The van der Waals surface area contributed by atoms with E-state index in [9.17, 15) is 9.59 Å². The van der Waals surface area contributed by atoms with Crippen LogP contribution < -0.4 is 16.4 Å². The normalized spacial score (nSPS) is 20.9. The number of nitrogens with zero attached hydrogens (tertiary/aromatic N) is 1. The van der Waals surface area contributed by atoms with Crippen LogP contribution in [0.5, 0.6) is 0 Å². The number of benzene rings is 1. The van der Waals surface area contributed by atoms with Crippen molar-refractivity contribution in [3.05, 3.63) is 36.5 Å². The van der Waals surface area contributed by atoms with Crippen molar-refractivity contribution in [1.82, 2.24) is 10.3 Å². The number of nitrogens with one attached hydrogen (secondary N) is 2. The van der Waals surface area contributed by atoms with Crippen LogP contribution in [0, 0.1) is 5.92 Å². The smallest absolute Gasteiger partial charge is 0.319 e. The lowest BCUT2D eigenvalue weighted by atomic mass is 9.84. The van der Waals surface area contributed by atoms with E-state index in [1.54, 1.807) is 12.3 Å². The van der Waals surface area contributed by atoms with Gasteiger partial charge >= 0.3 is 6.03 Å². The molecule has 0 radical (unpaired) electrons. The minimum atomic E-state index is -0.346. The van der Waals surface area contributed by atoms with Crippen LogP contribution in [0.25, 0.3) is 10.9 Å². The number of para-hydroxylation sites is 1. The Balaban J connectivity index is 1.72. The summed E-state index contributed by atoms with van der Waals surface area (Å²) in [6.07, 6.45) is 5.16. The molecule has 2 aromatic rings. The van der Waals surface area contributed by atoms with E-state index in [-0.39, 0.29) is 23.9 Å². The third-order valence-corrected chi connectivity index (χ3v) is 4.33. The van der Waals surface area contributed by atoms with Crippen LogP contribution in [0.15, 0.2) is 36.5 Å². The predicted octanol–water partition coefficient (Wildman–Crippen LogP) is 2.40. The molecule has 1 aliphatic carbocycles. The molecule has 1 saturated carbocycles. The molecule has 23 heavy (non-hydrogen) atoms. The molecule has 6 heteroatoms. The molecule has 1 heterocycles. The van der Waals surface area contributed by atoms with Gasteiger partial charge in [0.25, 0.3) is 0 Å². The number of amides is 3. The third kappa shape index (κ3) is 3.41. The second kappa shape index (κ2) is 6.64. The molecule has 0 aliphatic heterocycles. The number of anilines is 1. The van der Waals surface area contributed by atoms with Gasteiger partial charge in [-0.05, 0) is 25.0 Å². The lowest BCUT2D eigenvalue weighted by molar-refractivity contribution is -0.123. The van der Waals surface area contributed by atoms with Crippen LogP contribution in [-0.4, -0.2) is 23.0 Å². The van der Waals surface area contributed by atoms with Gasteiger partial charge in [-0.1, -0.05) is 31.0 Å². The molecule has 1 fully saturated rings. The molecule has 1 aromatic heterocycles. The van der Waals surface area contributed by atoms with E-state index in [2.05, 4.69) is 15.6 Å². The van der Waals surface area contributed by atoms with Gasteiger partial charge in [-0.15, -0.1) is 0 Å². The second-order valence-corrected chi connectivity index (χ2v) is 5.88. The van der Waals surface area contributed by atoms with Gasteiger partial charge in [0.15, 0.2) is 0 Å². The topological polar surface area (TPSA) is 97.1 Å². The number of hydrogen-bond acceptors (Lipinski definition) is 3. The fourth-order valence-electron chi connectivity index (χ4n) is 3.18. The van der Waals surface area contributed by atoms with Crippen molar-refractivity contribution in [3.8, 4) is 0 Å². The van der Waals surface area contributed by atoms with Crippen molar-refractivity contribution in [2.75, 3.05) is 5.32 Å². The molecule has 6 nitrogen and oxygen atoms in total. The quantitative estimate of drug-likeness (QED) is 0.811. The number of rotatable bonds is 3. The van der Waals surface area contributed by atoms with Crippen molar-refractivity contribution < 1.29 is 9.59 Å². The number of carbonyl (C=O) groups excluding carboxylic acids is 2. The first-order chi connectivity index (χ1) is 11.1. The first kappa shape index (κ1) is 15.3. The van der Waals surface area contributed by atoms with Gasteiger partial charge < -0.3 is 16.4 Å². The predicted molar refractivity (Wildman–Crippen MR) is 88.8 cm³/mol. The Morgan fingerprint density at radius 3 is 2.74 bits per heavy atom. The number of pyridine rings is 1. The zero-order valence-corrected chi connectivity index (χ0v) is 12.8. The van der Waals surface area contributed by atoms with E-state index in [0.717, 1.165) is 36.6 Å². The van der Waals surface area contributed by atoms with Crippen LogP contribution in [0.3, 0.4) is 0 Å². The van der Waals surface area contributed by atoms with Crippen molar-refractivity contribution in [2.45, 2.75) is 31.7 Å². The summed E-state index contributed by atoms with van der Waals surface area (Å²) in [5.41, 5.74) is 6.82. The Morgan fingerprint density at radius 2 is 1.91 bits per heavy atom. The Hall–Kier alpha value is -2.63. The van der Waals surface area contributed by atoms with Crippen LogP contribution in [0.1, 0.15) is 25.7 Å². The Kier molecular flexibility index (Phi) is 4.41. The van der Waals surface area contributed by atoms with E-state index < -0.39 is 0 Å². The first-order valence-electron chi connectivity index (χ1n) is 7.86. The molecular weight excluding hydrogens is 292 g/mol. The molecule has 0 bridgehead atoms. The summed E-state index contributed by atoms with van der Waals surface area (Å²) in [4.78, 5) is 28.1. The van der Waals surface area contributed by atoms with Crippen LogP contribution in [0.4, 0.5) is 10.5 Å². The van der Waals surface area contributed by atoms with E-state index in [1.165, 1.54) is 0 Å². The zero-order chi connectivity index (χ0) is 16.2. The lowest BCUT2D eigenvalue weighted by Gasteiger charge is -2.29. The number of carbonyl (C=O) groups is 2. The fraction of sp³-hybridized carbons (Fsp3) is 0.353. The summed E-state index contributed by atoms with van der Waals surface area (Å²) < 4.78 is 0. The first-order valence-corrected chi connectivity index (χ1v) is 7.86. The van der Waals surface area contributed by atoms with Crippen molar-refractivity contribution in [2.24, 2.45) is 11.7 Å². The lowest BCUT2D eigenvalue weighted by Crippen LogP contribution is -2.48. The average Bonchev–Trinajstić information content (AvgIpc) is 2.55. The van der Waals surface area contributed by atoms with Gasteiger partial charge in [-0.25, -0.2) is 4.79 Å². The summed E-state index contributed by atoms with van der Waals surface area (Å²) in [5.74, 6) is -0.637. The molecule has 2 unspecified atom stereocenters. The van der Waals surface area contributed by atoms with Crippen LogP contribution >= 0.6 is 0 Å². The minimum absolute atomic E-state index is 0.204. The summed E-state index contributed by atoms with van der Waals surface area (Å²) in [6.45, 7) is 0. The van der Waals surface area contributed by atoms with Gasteiger partial charge in [0.2, 0.25) is 5.91 Å². The molecular formula is C17H20N4O2. The minimum Gasteiger partial charge on any atom is -0.369 e. The number of nitrogens with two attached hydrogens (primary N) is 1. The molecule has 1 aliphatic rings. The number of primary amides is 1. The number of urea groups is 1. The van der Waals surface area contributed by atoms with Gasteiger partial charge in [0.05, 0.1) is 17.1 Å². The Bertz CT molecular complexity index is 726. The Labute approximate surface area is 134 Å². The highest BCUT2D eigenvalue weighted by Crippen LogP contribution is 2.25. The highest BCUT2D eigenvalue weighted by molar-refractivity contribution is 5.99. The maximum atomic E-state index is 12.3. The maximum absolute atomic E-state index is 12.3. The summed E-state index contributed by atoms with van der Waals surface area (Å²) >= 11 is 0. The van der Waals surface area contributed by atoms with Crippen molar-refractivity contribution >= 4 is 28.5 Å². The average molecular weight is 312 g/mol. The third-order valence-electron chi connectivity index (χ3n) is 4.33. The summed E-state index contributed by atoms with van der Waals surface area (Å²) in [5, 5.41) is 6.67. The molecule has 1 aromatic carbocycles. The standard InChI is InChI=1S/C17H20N4O2/c18-16(22)12-7-1-2-8-13(12)20-17(23)21-14-9-3-5-11-6-4-10-19-15(11)14/h3-6,9-10,12-13H,1-2,7-8H2,(H2,18,22)(H2,20,21,23). The van der Waals surface area contributed by atoms with Crippen molar-refractivity contribution in [3.63, 3.8) is 0 Å². The highest BCUT2D eigenvalue weighted by Gasteiger charge is 2.30. The second-order valence-electron chi connectivity index (χ2n) is 5.88. The molecule has 0 spiro atoms. The van der Waals surface area contributed by atoms with E-state index >= 15 is 0 Å². The maximum Gasteiger partial charge on any atom is 0.319 e. The van der Waals surface area contributed by atoms with Crippen LogP contribution in [0.2, 0.25) is 0 Å². The van der Waals surface area contributed by atoms with E-state index in [0.29, 0.717) is 5.69 Å². The van der Waals surface area contributed by atoms with E-state index in [1.807, 2.05) is 24.3 Å². The SMILES string of the molecule is NC(=O)C1CCCCC1NC(=O)Nc1cccc2cccnc12. The highest BCUT2D eigenvalue weighted by atomic mass is 16.2. The number of aromatic nitrogens is 1. The monoisotopic (exact) mass is 312 g/mol. The molecule has 4 N–H and O–H groups in total. The van der Waals surface area contributed by atoms with Gasteiger partial charge in [0.1, 0.15) is 0 Å². The molecule has 120 valence electrons. The molecule has 3 amide bonds. The molecule has 3 rings (SSSR count). The molecule has 0 saturated heterocycles. The van der Waals surface area contributed by atoms with Gasteiger partial charge in [-0.2, -0.15) is 0 Å². The largest absolute Gasteiger partial charge is 0.369 e. The summed E-state index contributed by atoms with van der Waals surface area (Å²) in [6, 6.07) is 8.87. The Morgan fingerprint density at radius 1 is 1.13 bits per heavy atom. The zero-order valence-electron chi connectivity index (χ0n) is 12.8. The number of hydrogen-bond donors (Lipinski definition) is 3. The van der Waals surface area contributed by atoms with Crippen molar-refractivity contribution in [1.29, 1.82) is 0 Å². The summed E-state index contributed by atoms with van der Waals surface area (Å²) in [7, 11) is 0.